The van der Waals surface area contributed by atoms with Crippen LogP contribution in [0.4, 0.5) is 5.69 Å². The first-order chi connectivity index (χ1) is 14.6. The van der Waals surface area contributed by atoms with E-state index in [1.54, 1.807) is 7.11 Å². The second-order valence-electron chi connectivity index (χ2n) is 7.07. The number of aliphatic hydroxyl groups is 2. The number of alkyl halides is 2. The number of hydrogen-bond donors (Lipinski definition) is 3. The molecule has 0 radical (unpaired) electrons. The first kappa shape index (κ1) is 25.4. The molecule has 1 spiro atoms. The van der Waals surface area contributed by atoms with Gasteiger partial charge in [-0.25, -0.2) is 0 Å². The number of rotatable bonds is 1. The molecule has 5 rings (SSSR count). The second kappa shape index (κ2) is 10.6. The minimum absolute atomic E-state index is 0.0336. The topological polar surface area (TPSA) is 82.2 Å². The van der Waals surface area contributed by atoms with E-state index in [1.165, 1.54) is 18.3 Å². The normalized spacial score (nSPS) is 33.5. The first-order valence-corrected chi connectivity index (χ1v) is 14.3. The van der Waals surface area contributed by atoms with E-state index in [0.717, 1.165) is 25.3 Å². The van der Waals surface area contributed by atoms with E-state index in [-0.39, 0.29) is 9.34 Å². The monoisotopic (exact) mass is 533 g/mol. The van der Waals surface area contributed by atoms with E-state index in [0.29, 0.717) is 6.04 Å². The fraction of sp³-hybridized carbons (Fsp3) is 0.652. The summed E-state index contributed by atoms with van der Waals surface area (Å²) in [5.74, 6) is 0.893. The van der Waals surface area contributed by atoms with Crippen molar-refractivity contribution in [2.24, 2.45) is 11.7 Å². The number of nitrogens with two attached hydrogens (primary N) is 1. The standard InChI is InChI=1S/C18H23IN2O3.2C2H6.CH5N/c1-20-14-10-11(24-2)5-6-13(14)18-7-9-21-8-3-4-12(16(18)21)15(22)17(23)19(18)20;3*1-2/h3-6,10,12,15-17,22-23H,7-9H2,1-2H3;2*1-2H3;2H2,1H3. The molecule has 5 unspecified atom stereocenters. The summed E-state index contributed by atoms with van der Waals surface area (Å²) in [6, 6.07) is 6.69. The van der Waals surface area contributed by atoms with Crippen molar-refractivity contribution >= 4 is 25.8 Å². The van der Waals surface area contributed by atoms with Crippen LogP contribution in [0, 0.1) is 5.92 Å². The van der Waals surface area contributed by atoms with Crippen LogP contribution in [0.3, 0.4) is 0 Å². The average molecular weight is 533 g/mol. The minimum atomic E-state index is -2.06. The van der Waals surface area contributed by atoms with E-state index in [9.17, 15) is 10.2 Å². The molecule has 4 heterocycles. The van der Waals surface area contributed by atoms with Gasteiger partial charge in [0.25, 0.3) is 0 Å². The summed E-state index contributed by atoms with van der Waals surface area (Å²) in [5.41, 5.74) is 7.07. The van der Waals surface area contributed by atoms with E-state index in [2.05, 4.69) is 51.1 Å². The summed E-state index contributed by atoms with van der Waals surface area (Å²) >= 11 is -2.06. The van der Waals surface area contributed by atoms with Crippen LogP contribution in [-0.2, 0) is 3.42 Å². The predicted octanol–water partition coefficient (Wildman–Crippen LogP) is 3.34. The molecular weight excluding hydrogens is 493 g/mol. The number of benzene rings is 1. The van der Waals surface area contributed by atoms with Gasteiger partial charge in [-0.1, -0.05) is 27.7 Å². The van der Waals surface area contributed by atoms with Crippen molar-refractivity contribution in [3.8, 4) is 5.75 Å². The van der Waals surface area contributed by atoms with Crippen LogP contribution >= 0.6 is 20.1 Å². The van der Waals surface area contributed by atoms with Crippen molar-refractivity contribution in [2.75, 3.05) is 37.4 Å². The molecule has 1 aromatic carbocycles. The molecule has 2 fully saturated rings. The molecule has 2 saturated heterocycles. The van der Waals surface area contributed by atoms with Gasteiger partial charge in [0.05, 0.1) is 0 Å². The van der Waals surface area contributed by atoms with Gasteiger partial charge in [0.2, 0.25) is 0 Å². The number of ether oxygens (including phenoxy) is 1. The quantitative estimate of drug-likeness (QED) is 0.223. The molecule has 4 N–H and O–H groups in total. The first-order valence-electron chi connectivity index (χ1n) is 11.0. The van der Waals surface area contributed by atoms with Crippen LogP contribution in [0.2, 0.25) is 0 Å². The summed E-state index contributed by atoms with van der Waals surface area (Å²) in [6.07, 6.45) is 4.75. The van der Waals surface area contributed by atoms with Crippen molar-refractivity contribution in [1.82, 2.24) is 4.90 Å². The molecule has 30 heavy (non-hydrogen) atoms. The Kier molecular flexibility index (Phi) is 9.00. The third-order valence-electron chi connectivity index (χ3n) is 6.18. The number of aliphatic hydroxyl groups excluding tert-OH is 2. The molecule has 6 nitrogen and oxygen atoms in total. The van der Waals surface area contributed by atoms with Crippen molar-refractivity contribution in [3.63, 3.8) is 0 Å². The molecule has 172 valence electrons. The fourth-order valence-corrected chi connectivity index (χ4v) is 14.0. The number of halogens is 1. The summed E-state index contributed by atoms with van der Waals surface area (Å²) in [5, 5.41) is 21.9. The number of nitrogens with zero attached hydrogens (tertiary/aromatic N) is 2. The Morgan fingerprint density at radius 1 is 1.17 bits per heavy atom. The van der Waals surface area contributed by atoms with Crippen LogP contribution in [0.1, 0.15) is 39.7 Å². The van der Waals surface area contributed by atoms with Crippen molar-refractivity contribution in [3.05, 3.63) is 35.9 Å². The van der Waals surface area contributed by atoms with Crippen LogP contribution in [0.5, 0.6) is 5.75 Å². The maximum atomic E-state index is 11.1. The molecule has 0 saturated carbocycles. The SMILES string of the molecule is CC.CC.CN.COc1ccc2c(c1)N(C)I1C(O)C(O)C3C=CCN4CCC21C34. The van der Waals surface area contributed by atoms with Gasteiger partial charge in [0, 0.05) is 0 Å². The van der Waals surface area contributed by atoms with Crippen LogP contribution in [-0.4, -0.2) is 65.7 Å². The average Bonchev–Trinajstić information content (AvgIpc) is 3.33. The van der Waals surface area contributed by atoms with Gasteiger partial charge < -0.3 is 5.73 Å². The Bertz CT molecular complexity index is 732. The van der Waals surface area contributed by atoms with Crippen molar-refractivity contribution in [1.29, 1.82) is 0 Å². The third kappa shape index (κ3) is 3.56. The Balaban J connectivity index is 0.000000493. The van der Waals surface area contributed by atoms with Gasteiger partial charge in [0.15, 0.2) is 0 Å². The van der Waals surface area contributed by atoms with Crippen molar-refractivity contribution in [2.45, 2.75) is 53.8 Å². The molecule has 5 atom stereocenters. The van der Waals surface area contributed by atoms with E-state index in [4.69, 9.17) is 4.74 Å². The zero-order valence-corrected chi connectivity index (χ0v) is 21.6. The van der Waals surface area contributed by atoms with Gasteiger partial charge in [-0.05, 0) is 7.05 Å². The number of fused-ring (bicyclic) bond motifs is 1. The Labute approximate surface area is 189 Å². The summed E-state index contributed by atoms with van der Waals surface area (Å²) in [4.78, 5) is 2.53. The number of hydrogen-bond acceptors (Lipinski definition) is 6. The van der Waals surface area contributed by atoms with Crippen molar-refractivity contribution < 1.29 is 14.9 Å². The Hall–Kier alpha value is -0.870. The number of anilines is 1. The third-order valence-corrected chi connectivity index (χ3v) is 13.9. The molecule has 4 aliphatic rings. The van der Waals surface area contributed by atoms with Crippen LogP contribution < -0.4 is 13.6 Å². The molecule has 7 heteroatoms. The van der Waals surface area contributed by atoms with E-state index < -0.39 is 30.3 Å². The van der Waals surface area contributed by atoms with Gasteiger partial charge >= 0.3 is 150 Å². The molecule has 0 aromatic heterocycles. The zero-order valence-electron chi connectivity index (χ0n) is 19.5. The zero-order chi connectivity index (χ0) is 22.6. The molecular formula is C23H40IN3O3. The molecule has 4 aliphatic heterocycles. The Morgan fingerprint density at radius 2 is 1.83 bits per heavy atom. The molecule has 1 aromatic rings. The molecule has 0 bridgehead atoms. The van der Waals surface area contributed by atoms with E-state index >= 15 is 0 Å². The fourth-order valence-electron chi connectivity index (χ4n) is 5.23. The van der Waals surface area contributed by atoms with Gasteiger partial charge in [0.1, 0.15) is 0 Å². The molecule has 0 aliphatic carbocycles. The summed E-state index contributed by atoms with van der Waals surface area (Å²) in [7, 11) is 5.30. The number of methoxy groups -OCH3 is 1. The van der Waals surface area contributed by atoms with E-state index in [1.807, 2.05) is 27.7 Å². The van der Waals surface area contributed by atoms with Crippen LogP contribution in [0.25, 0.3) is 0 Å². The van der Waals surface area contributed by atoms with Gasteiger partial charge in [-0.3, -0.25) is 0 Å². The van der Waals surface area contributed by atoms with Gasteiger partial charge in [-0.2, -0.15) is 0 Å². The maximum absolute atomic E-state index is 11.1. The molecule has 0 amide bonds. The summed E-state index contributed by atoms with van der Waals surface area (Å²) < 4.78 is 7.20. The summed E-state index contributed by atoms with van der Waals surface area (Å²) in [6.45, 7) is 10.0. The Morgan fingerprint density at radius 3 is 2.47 bits per heavy atom. The second-order valence-corrected chi connectivity index (χ2v) is 13.4. The predicted molar refractivity (Wildman–Crippen MR) is 135 cm³/mol. The van der Waals surface area contributed by atoms with Crippen LogP contribution in [0.15, 0.2) is 30.4 Å². The van der Waals surface area contributed by atoms with Gasteiger partial charge in [-0.15, -0.1) is 0 Å².